The molecule has 1 rings (SSSR count). The molecule has 0 aliphatic carbocycles. The summed E-state index contributed by atoms with van der Waals surface area (Å²) in [6.07, 6.45) is 0.820. The predicted octanol–water partition coefficient (Wildman–Crippen LogP) is 0.00590. The SMILES string of the molecule is CCN(C[C@H](C)C(=O)OC)[C@@H]1CCNC1=O. The van der Waals surface area contributed by atoms with E-state index in [1.807, 2.05) is 18.7 Å². The van der Waals surface area contributed by atoms with Gasteiger partial charge >= 0.3 is 5.97 Å². The molecule has 0 saturated carbocycles. The summed E-state index contributed by atoms with van der Waals surface area (Å²) >= 11 is 0. The highest BCUT2D eigenvalue weighted by Gasteiger charge is 2.31. The maximum absolute atomic E-state index is 11.5. The van der Waals surface area contributed by atoms with Crippen molar-refractivity contribution >= 4 is 11.9 Å². The number of amides is 1. The average molecular weight is 228 g/mol. The molecule has 2 atom stereocenters. The standard InChI is InChI=1S/C11H20N2O3/c1-4-13(7-8(2)11(15)16-3)9-5-6-12-10(9)14/h8-9H,4-7H2,1-3H3,(H,12,14)/t8-,9+/m0/s1. The highest BCUT2D eigenvalue weighted by Crippen LogP contribution is 2.12. The van der Waals surface area contributed by atoms with Crippen LogP contribution in [-0.2, 0) is 14.3 Å². The fourth-order valence-electron chi connectivity index (χ4n) is 2.03. The Hall–Kier alpha value is -1.10. The van der Waals surface area contributed by atoms with Crippen LogP contribution in [0.1, 0.15) is 20.3 Å². The zero-order chi connectivity index (χ0) is 12.1. The molecule has 1 aliphatic heterocycles. The summed E-state index contributed by atoms with van der Waals surface area (Å²) in [5.41, 5.74) is 0. The van der Waals surface area contributed by atoms with Gasteiger partial charge in [-0.05, 0) is 13.0 Å². The van der Waals surface area contributed by atoms with Gasteiger partial charge in [-0.2, -0.15) is 0 Å². The van der Waals surface area contributed by atoms with Crippen LogP contribution in [0.3, 0.4) is 0 Å². The Morgan fingerprint density at radius 2 is 2.38 bits per heavy atom. The zero-order valence-corrected chi connectivity index (χ0v) is 10.2. The first-order valence-electron chi connectivity index (χ1n) is 5.69. The lowest BCUT2D eigenvalue weighted by Crippen LogP contribution is -2.43. The van der Waals surface area contributed by atoms with Crippen molar-refractivity contribution in [3.63, 3.8) is 0 Å². The Morgan fingerprint density at radius 3 is 2.81 bits per heavy atom. The van der Waals surface area contributed by atoms with Crippen molar-refractivity contribution in [3.8, 4) is 0 Å². The number of esters is 1. The number of nitrogens with one attached hydrogen (secondary N) is 1. The summed E-state index contributed by atoms with van der Waals surface area (Å²) in [6.45, 7) is 5.88. The van der Waals surface area contributed by atoms with Gasteiger partial charge in [0.2, 0.25) is 5.91 Å². The maximum Gasteiger partial charge on any atom is 0.309 e. The van der Waals surface area contributed by atoms with Gasteiger partial charge in [-0.25, -0.2) is 0 Å². The van der Waals surface area contributed by atoms with Crippen molar-refractivity contribution in [2.75, 3.05) is 26.7 Å². The van der Waals surface area contributed by atoms with E-state index in [0.29, 0.717) is 6.54 Å². The van der Waals surface area contributed by atoms with E-state index in [9.17, 15) is 9.59 Å². The van der Waals surface area contributed by atoms with Crippen LogP contribution in [0.5, 0.6) is 0 Å². The summed E-state index contributed by atoms with van der Waals surface area (Å²) in [6, 6.07) is -0.0860. The molecule has 5 heteroatoms. The third-order valence-corrected chi connectivity index (χ3v) is 2.98. The summed E-state index contributed by atoms with van der Waals surface area (Å²) in [7, 11) is 1.39. The number of methoxy groups -OCH3 is 1. The van der Waals surface area contributed by atoms with E-state index in [1.165, 1.54) is 7.11 Å². The van der Waals surface area contributed by atoms with Gasteiger partial charge in [0.1, 0.15) is 0 Å². The fraction of sp³-hybridized carbons (Fsp3) is 0.818. The predicted molar refractivity (Wildman–Crippen MR) is 59.8 cm³/mol. The van der Waals surface area contributed by atoms with E-state index < -0.39 is 0 Å². The molecule has 0 bridgehead atoms. The number of ether oxygens (including phenoxy) is 1. The van der Waals surface area contributed by atoms with Crippen molar-refractivity contribution in [2.24, 2.45) is 5.92 Å². The number of hydrogen-bond acceptors (Lipinski definition) is 4. The molecular formula is C11H20N2O3. The lowest BCUT2D eigenvalue weighted by Gasteiger charge is -2.27. The number of likely N-dealkylation sites (N-methyl/N-ethyl adjacent to an activating group) is 1. The van der Waals surface area contributed by atoms with E-state index in [2.05, 4.69) is 10.1 Å². The van der Waals surface area contributed by atoms with E-state index in [1.54, 1.807) is 0 Å². The Balaban J connectivity index is 2.54. The minimum Gasteiger partial charge on any atom is -0.469 e. The van der Waals surface area contributed by atoms with Crippen molar-refractivity contribution in [3.05, 3.63) is 0 Å². The summed E-state index contributed by atoms with van der Waals surface area (Å²) in [4.78, 5) is 24.9. The molecule has 1 N–H and O–H groups in total. The number of carbonyl (C=O) groups is 2. The molecule has 1 fully saturated rings. The first kappa shape index (κ1) is 13.0. The minimum absolute atomic E-state index is 0.0684. The van der Waals surface area contributed by atoms with Crippen molar-refractivity contribution < 1.29 is 14.3 Å². The smallest absolute Gasteiger partial charge is 0.309 e. The summed E-state index contributed by atoms with van der Waals surface area (Å²) < 4.78 is 4.68. The van der Waals surface area contributed by atoms with Gasteiger partial charge in [0.05, 0.1) is 19.1 Å². The molecule has 0 spiro atoms. The number of rotatable bonds is 5. The van der Waals surface area contributed by atoms with Crippen LogP contribution >= 0.6 is 0 Å². The lowest BCUT2D eigenvalue weighted by molar-refractivity contribution is -0.146. The second-order valence-electron chi connectivity index (χ2n) is 4.11. The molecular weight excluding hydrogens is 208 g/mol. The van der Waals surface area contributed by atoms with Crippen LogP contribution in [-0.4, -0.2) is 49.6 Å². The highest BCUT2D eigenvalue weighted by atomic mass is 16.5. The maximum atomic E-state index is 11.5. The van der Waals surface area contributed by atoms with Crippen molar-refractivity contribution in [2.45, 2.75) is 26.3 Å². The first-order valence-corrected chi connectivity index (χ1v) is 5.69. The average Bonchev–Trinajstić information content (AvgIpc) is 2.70. The number of carbonyl (C=O) groups excluding carboxylic acids is 2. The van der Waals surface area contributed by atoms with Gasteiger partial charge < -0.3 is 10.1 Å². The third kappa shape index (κ3) is 2.95. The lowest BCUT2D eigenvalue weighted by atomic mass is 10.1. The monoisotopic (exact) mass is 228 g/mol. The Kier molecular flexibility index (Phi) is 4.73. The normalized spacial score (nSPS) is 22.0. The van der Waals surface area contributed by atoms with E-state index in [4.69, 9.17) is 0 Å². The molecule has 0 unspecified atom stereocenters. The minimum atomic E-state index is -0.225. The molecule has 5 nitrogen and oxygen atoms in total. The quantitative estimate of drug-likeness (QED) is 0.673. The highest BCUT2D eigenvalue weighted by molar-refractivity contribution is 5.83. The molecule has 0 aromatic rings. The van der Waals surface area contributed by atoms with Crippen LogP contribution in [0.15, 0.2) is 0 Å². The number of nitrogens with zero attached hydrogens (tertiary/aromatic N) is 1. The molecule has 0 aromatic carbocycles. The molecule has 0 radical (unpaired) electrons. The van der Waals surface area contributed by atoms with E-state index in [0.717, 1.165) is 19.5 Å². The largest absolute Gasteiger partial charge is 0.469 e. The van der Waals surface area contributed by atoms with Crippen molar-refractivity contribution in [1.82, 2.24) is 10.2 Å². The zero-order valence-electron chi connectivity index (χ0n) is 10.2. The van der Waals surface area contributed by atoms with E-state index in [-0.39, 0.29) is 23.8 Å². The molecule has 1 heterocycles. The number of hydrogen-bond donors (Lipinski definition) is 1. The van der Waals surface area contributed by atoms with Gasteiger partial charge in [-0.15, -0.1) is 0 Å². The molecule has 1 amide bonds. The Morgan fingerprint density at radius 1 is 1.69 bits per heavy atom. The van der Waals surface area contributed by atoms with Gasteiger partial charge in [0, 0.05) is 13.1 Å². The molecule has 0 aromatic heterocycles. The second-order valence-corrected chi connectivity index (χ2v) is 4.11. The van der Waals surface area contributed by atoms with Crippen molar-refractivity contribution in [1.29, 1.82) is 0 Å². The first-order chi connectivity index (χ1) is 7.60. The molecule has 92 valence electrons. The van der Waals surface area contributed by atoms with E-state index >= 15 is 0 Å². The van der Waals surface area contributed by atoms with Gasteiger partial charge in [-0.1, -0.05) is 13.8 Å². The Bertz CT molecular complexity index is 268. The third-order valence-electron chi connectivity index (χ3n) is 2.98. The van der Waals surface area contributed by atoms with Gasteiger partial charge in [0.25, 0.3) is 0 Å². The Labute approximate surface area is 96.1 Å². The fourth-order valence-corrected chi connectivity index (χ4v) is 2.03. The van der Waals surface area contributed by atoms with Gasteiger partial charge in [0.15, 0.2) is 0 Å². The van der Waals surface area contributed by atoms with Crippen LogP contribution < -0.4 is 5.32 Å². The van der Waals surface area contributed by atoms with Crippen LogP contribution in [0.4, 0.5) is 0 Å². The second kappa shape index (κ2) is 5.84. The van der Waals surface area contributed by atoms with Gasteiger partial charge in [-0.3, -0.25) is 14.5 Å². The molecule has 1 aliphatic rings. The van der Waals surface area contributed by atoms with Crippen LogP contribution in [0.25, 0.3) is 0 Å². The summed E-state index contributed by atoms with van der Waals surface area (Å²) in [5.74, 6) is -0.353. The van der Waals surface area contributed by atoms with Crippen LogP contribution in [0, 0.1) is 5.92 Å². The van der Waals surface area contributed by atoms with Crippen LogP contribution in [0.2, 0.25) is 0 Å². The molecule has 16 heavy (non-hydrogen) atoms. The summed E-state index contributed by atoms with van der Waals surface area (Å²) in [5, 5.41) is 2.80. The topological polar surface area (TPSA) is 58.6 Å². The molecule has 1 saturated heterocycles.